The smallest absolute Gasteiger partial charge is 0.220 e. The van der Waals surface area contributed by atoms with Gasteiger partial charge >= 0.3 is 0 Å². The molecular weight excluding hydrogens is 288 g/mol. The first kappa shape index (κ1) is 16.5. The minimum Gasteiger partial charge on any atom is -0.356 e. The maximum Gasteiger partial charge on any atom is 0.220 e. The van der Waals surface area contributed by atoms with Gasteiger partial charge in [0.2, 0.25) is 5.91 Å². The predicted octanol–water partition coefficient (Wildman–Crippen LogP) is 3.02. The fourth-order valence-corrected chi connectivity index (χ4v) is 3.95. The Morgan fingerprint density at radius 2 is 1.83 bits per heavy atom. The molecule has 1 fully saturated rings. The maximum atomic E-state index is 12.1. The van der Waals surface area contributed by atoms with Gasteiger partial charge in [-0.2, -0.15) is 0 Å². The average molecular weight is 318 g/mol. The molecule has 3 rings (SSSR count). The number of nitrogens with zero attached hydrogens (tertiary/aromatic N) is 3. The van der Waals surface area contributed by atoms with Gasteiger partial charge in [-0.15, -0.1) is 10.2 Å². The lowest BCUT2D eigenvalue weighted by atomic mass is 9.96. The van der Waals surface area contributed by atoms with E-state index in [0.29, 0.717) is 18.9 Å². The molecule has 0 bridgehead atoms. The number of carbonyl (C=O) groups is 1. The Kier molecular flexibility index (Phi) is 6.06. The molecule has 5 nitrogen and oxygen atoms in total. The number of nitrogens with one attached hydrogen (secondary N) is 1. The molecule has 0 saturated heterocycles. The van der Waals surface area contributed by atoms with Crippen molar-refractivity contribution in [3.8, 4) is 0 Å². The second kappa shape index (κ2) is 8.46. The van der Waals surface area contributed by atoms with Crippen LogP contribution >= 0.6 is 0 Å². The highest BCUT2D eigenvalue weighted by molar-refractivity contribution is 5.76. The summed E-state index contributed by atoms with van der Waals surface area (Å²) in [5, 5.41) is 11.7. The molecule has 0 aromatic carbocycles. The zero-order valence-electron chi connectivity index (χ0n) is 14.2. The van der Waals surface area contributed by atoms with Crippen LogP contribution in [0.3, 0.4) is 0 Å². The highest BCUT2D eigenvalue weighted by atomic mass is 16.1. The monoisotopic (exact) mass is 318 g/mol. The molecule has 0 unspecified atom stereocenters. The Labute approximate surface area is 139 Å². The molecule has 0 atom stereocenters. The van der Waals surface area contributed by atoms with Crippen LogP contribution in [0.2, 0.25) is 0 Å². The van der Waals surface area contributed by atoms with Gasteiger partial charge in [0.1, 0.15) is 11.6 Å². The van der Waals surface area contributed by atoms with Crippen LogP contribution < -0.4 is 5.32 Å². The standard InChI is InChI=1S/C18H30N4O/c23-18(14-15-8-4-1-2-5-9-15)19-12-11-17-21-20-16-10-6-3-7-13-22(16)17/h15H,1-14H2,(H,19,23). The van der Waals surface area contributed by atoms with Gasteiger partial charge in [-0.25, -0.2) is 0 Å². The summed E-state index contributed by atoms with van der Waals surface area (Å²) in [5.74, 6) is 2.98. The lowest BCUT2D eigenvalue weighted by Crippen LogP contribution is -2.28. The van der Waals surface area contributed by atoms with Gasteiger partial charge in [-0.1, -0.05) is 32.1 Å². The Morgan fingerprint density at radius 1 is 1.04 bits per heavy atom. The van der Waals surface area contributed by atoms with Gasteiger partial charge in [0.15, 0.2) is 0 Å². The molecule has 23 heavy (non-hydrogen) atoms. The van der Waals surface area contributed by atoms with Crippen LogP contribution in [0, 0.1) is 5.92 Å². The largest absolute Gasteiger partial charge is 0.356 e. The Hall–Kier alpha value is -1.39. The van der Waals surface area contributed by atoms with Crippen LogP contribution in [0.15, 0.2) is 0 Å². The van der Waals surface area contributed by atoms with Crippen molar-refractivity contribution in [3.63, 3.8) is 0 Å². The van der Waals surface area contributed by atoms with Crippen LogP contribution in [-0.4, -0.2) is 27.2 Å². The van der Waals surface area contributed by atoms with Crippen LogP contribution in [0.25, 0.3) is 0 Å². The number of hydrogen-bond acceptors (Lipinski definition) is 3. The number of hydrogen-bond donors (Lipinski definition) is 1. The maximum absolute atomic E-state index is 12.1. The molecular formula is C18H30N4O. The minimum atomic E-state index is 0.215. The third-order valence-electron chi connectivity index (χ3n) is 5.31. The van der Waals surface area contributed by atoms with Crippen molar-refractivity contribution in [2.24, 2.45) is 5.92 Å². The van der Waals surface area contributed by atoms with Crippen LogP contribution in [0.1, 0.15) is 75.9 Å². The fraction of sp³-hybridized carbons (Fsp3) is 0.833. The molecule has 1 aromatic rings. The second-order valence-electron chi connectivity index (χ2n) is 7.16. The molecule has 1 aliphatic heterocycles. The number of amides is 1. The molecule has 1 saturated carbocycles. The van der Waals surface area contributed by atoms with E-state index in [2.05, 4.69) is 20.1 Å². The Balaban J connectivity index is 1.42. The lowest BCUT2D eigenvalue weighted by Gasteiger charge is -2.13. The normalized spacial score (nSPS) is 19.7. The lowest BCUT2D eigenvalue weighted by molar-refractivity contribution is -0.122. The van der Waals surface area contributed by atoms with Gasteiger partial charge in [-0.3, -0.25) is 4.79 Å². The third-order valence-corrected chi connectivity index (χ3v) is 5.31. The number of aromatic nitrogens is 3. The zero-order valence-corrected chi connectivity index (χ0v) is 14.2. The number of rotatable bonds is 5. The fourth-order valence-electron chi connectivity index (χ4n) is 3.95. The Bertz CT molecular complexity index is 503. The molecule has 2 aliphatic rings. The van der Waals surface area contributed by atoms with E-state index in [0.717, 1.165) is 31.0 Å². The summed E-state index contributed by atoms with van der Waals surface area (Å²) in [5.41, 5.74) is 0. The molecule has 1 aromatic heterocycles. The van der Waals surface area contributed by atoms with Crippen molar-refractivity contribution < 1.29 is 4.79 Å². The summed E-state index contributed by atoms with van der Waals surface area (Å²) in [6.07, 6.45) is 14.0. The summed E-state index contributed by atoms with van der Waals surface area (Å²) in [6, 6.07) is 0. The highest BCUT2D eigenvalue weighted by Crippen LogP contribution is 2.25. The average Bonchev–Trinajstić information content (AvgIpc) is 2.77. The predicted molar refractivity (Wildman–Crippen MR) is 90.1 cm³/mol. The van der Waals surface area contributed by atoms with E-state index in [1.54, 1.807) is 0 Å². The first-order chi connectivity index (χ1) is 11.3. The van der Waals surface area contributed by atoms with Crippen molar-refractivity contribution in [2.45, 2.75) is 83.6 Å². The summed E-state index contributed by atoms with van der Waals surface area (Å²) in [4.78, 5) is 12.1. The molecule has 0 radical (unpaired) electrons. The summed E-state index contributed by atoms with van der Waals surface area (Å²) in [7, 11) is 0. The molecule has 1 N–H and O–H groups in total. The topological polar surface area (TPSA) is 59.8 Å². The Morgan fingerprint density at radius 3 is 2.65 bits per heavy atom. The van der Waals surface area contributed by atoms with E-state index < -0.39 is 0 Å². The molecule has 0 spiro atoms. The van der Waals surface area contributed by atoms with Gasteiger partial charge < -0.3 is 9.88 Å². The van der Waals surface area contributed by atoms with Gasteiger partial charge in [-0.05, 0) is 31.6 Å². The first-order valence-electron chi connectivity index (χ1n) is 9.50. The van der Waals surface area contributed by atoms with Crippen molar-refractivity contribution in [2.75, 3.05) is 6.54 Å². The van der Waals surface area contributed by atoms with Gasteiger partial charge in [0, 0.05) is 32.4 Å². The van der Waals surface area contributed by atoms with Crippen LogP contribution in [-0.2, 0) is 24.2 Å². The number of carbonyl (C=O) groups excluding carboxylic acids is 1. The SMILES string of the molecule is O=C(CC1CCCCCC1)NCCc1nnc2n1CCCCC2. The van der Waals surface area contributed by atoms with E-state index in [4.69, 9.17) is 0 Å². The minimum absolute atomic E-state index is 0.215. The van der Waals surface area contributed by atoms with Crippen LogP contribution in [0.4, 0.5) is 0 Å². The first-order valence-corrected chi connectivity index (χ1v) is 9.50. The van der Waals surface area contributed by atoms with E-state index in [1.807, 2.05) is 0 Å². The van der Waals surface area contributed by atoms with Crippen molar-refractivity contribution in [3.05, 3.63) is 11.6 Å². The summed E-state index contributed by atoms with van der Waals surface area (Å²) in [6.45, 7) is 1.72. The van der Waals surface area contributed by atoms with Crippen LogP contribution in [0.5, 0.6) is 0 Å². The molecule has 5 heteroatoms. The van der Waals surface area contributed by atoms with E-state index in [9.17, 15) is 4.79 Å². The summed E-state index contributed by atoms with van der Waals surface area (Å²) >= 11 is 0. The van der Waals surface area contributed by atoms with E-state index >= 15 is 0 Å². The number of aryl methyl sites for hydroxylation is 1. The van der Waals surface area contributed by atoms with Crippen molar-refractivity contribution >= 4 is 5.91 Å². The molecule has 2 heterocycles. The van der Waals surface area contributed by atoms with Crippen molar-refractivity contribution in [1.82, 2.24) is 20.1 Å². The second-order valence-corrected chi connectivity index (χ2v) is 7.16. The molecule has 128 valence electrons. The molecule has 1 aliphatic carbocycles. The number of fused-ring (bicyclic) bond motifs is 1. The third kappa shape index (κ3) is 4.79. The summed E-state index contributed by atoms with van der Waals surface area (Å²) < 4.78 is 2.27. The quantitative estimate of drug-likeness (QED) is 0.849. The highest BCUT2D eigenvalue weighted by Gasteiger charge is 2.17. The van der Waals surface area contributed by atoms with E-state index in [-0.39, 0.29) is 5.91 Å². The van der Waals surface area contributed by atoms with Gasteiger partial charge in [0.25, 0.3) is 0 Å². The zero-order chi connectivity index (χ0) is 15.9. The van der Waals surface area contributed by atoms with Crippen molar-refractivity contribution in [1.29, 1.82) is 0 Å². The molecule has 1 amide bonds. The van der Waals surface area contributed by atoms with E-state index in [1.165, 1.54) is 57.8 Å². The van der Waals surface area contributed by atoms with Gasteiger partial charge in [0.05, 0.1) is 0 Å².